The van der Waals surface area contributed by atoms with Gasteiger partial charge in [-0.1, -0.05) is 36.4 Å². The van der Waals surface area contributed by atoms with Crippen LogP contribution in [0, 0.1) is 11.3 Å². The van der Waals surface area contributed by atoms with Crippen molar-refractivity contribution in [2.75, 3.05) is 24.6 Å². The van der Waals surface area contributed by atoms with Crippen molar-refractivity contribution >= 4 is 27.9 Å². The third kappa shape index (κ3) is 4.70. The van der Waals surface area contributed by atoms with E-state index < -0.39 is 48.6 Å². The number of hydrogen-bond donors (Lipinski definition) is 4. The van der Waals surface area contributed by atoms with Gasteiger partial charge in [0.1, 0.15) is 17.7 Å². The van der Waals surface area contributed by atoms with Crippen LogP contribution in [-0.4, -0.2) is 65.3 Å². The number of aliphatic hydroxyl groups is 3. The van der Waals surface area contributed by atoms with Gasteiger partial charge in [0, 0.05) is 30.1 Å². The Kier molecular flexibility index (Phi) is 6.74. The number of allylic oxidation sites excluding steroid dienone is 1. The molecule has 1 saturated heterocycles. The summed E-state index contributed by atoms with van der Waals surface area (Å²) in [5, 5.41) is 40.7. The highest BCUT2D eigenvalue weighted by Crippen LogP contribution is 2.46. The number of amides is 1. The number of aliphatic hydroxyl groups excluding tert-OH is 3. The Morgan fingerprint density at radius 1 is 1.25 bits per heavy atom. The lowest BCUT2D eigenvalue weighted by atomic mass is 9.94. The van der Waals surface area contributed by atoms with Crippen molar-refractivity contribution in [1.29, 1.82) is 5.26 Å². The largest absolute Gasteiger partial charge is 0.418 e. The van der Waals surface area contributed by atoms with Gasteiger partial charge in [-0.25, -0.2) is 0 Å². The fourth-order valence-corrected chi connectivity index (χ4v) is 3.51. The van der Waals surface area contributed by atoms with E-state index in [1.165, 1.54) is 18.2 Å². The summed E-state index contributed by atoms with van der Waals surface area (Å²) in [5.74, 6) is -1.35. The highest BCUT2D eigenvalue weighted by Gasteiger charge is 2.43. The molecule has 2 aromatic rings. The number of carbonyl (C=O) groups is 1. The number of nitriles is 1. The zero-order chi connectivity index (χ0) is 23.6. The number of carbonyl (C=O) groups excluding carboxylic acids is 1. The number of hydrogen-bond acceptors (Lipinski definition) is 6. The number of anilines is 1. The van der Waals surface area contributed by atoms with Crippen LogP contribution in [-0.2, 0) is 4.79 Å². The summed E-state index contributed by atoms with van der Waals surface area (Å²) < 4.78 is 42.6. The van der Waals surface area contributed by atoms with Gasteiger partial charge in [-0.3, -0.25) is 4.79 Å². The first-order valence-electron chi connectivity index (χ1n) is 9.85. The van der Waals surface area contributed by atoms with Gasteiger partial charge in [-0.05, 0) is 12.3 Å². The molecule has 1 fully saturated rings. The molecule has 3 unspecified atom stereocenters. The summed E-state index contributed by atoms with van der Waals surface area (Å²) in [7, 11) is 0. The molecule has 3 atom stereocenters. The number of alkyl halides is 3. The fraction of sp³-hybridized carbons (Fsp3) is 0.364. The van der Waals surface area contributed by atoms with Gasteiger partial charge in [-0.15, -0.1) is 0 Å². The lowest BCUT2D eigenvalue weighted by Gasteiger charge is -2.21. The second-order valence-electron chi connectivity index (χ2n) is 7.57. The van der Waals surface area contributed by atoms with E-state index in [2.05, 4.69) is 0 Å². The smallest absolute Gasteiger partial charge is 0.394 e. The SMILES string of the molecule is CC1CN1c1c(/C(=C(\C#N)C(=O)NCC(O)C(O)CO)C(F)(F)F)ccc2ccccc12. The van der Waals surface area contributed by atoms with Crippen molar-refractivity contribution < 1.29 is 33.3 Å². The van der Waals surface area contributed by atoms with Crippen LogP contribution < -0.4 is 10.2 Å². The van der Waals surface area contributed by atoms with Crippen LogP contribution in [0.4, 0.5) is 18.9 Å². The van der Waals surface area contributed by atoms with E-state index in [4.69, 9.17) is 5.11 Å². The van der Waals surface area contributed by atoms with Crippen LogP contribution in [0.2, 0.25) is 0 Å². The Hall–Kier alpha value is -3.13. The normalized spacial score (nSPS) is 18.6. The van der Waals surface area contributed by atoms with Gasteiger partial charge in [0.2, 0.25) is 0 Å². The summed E-state index contributed by atoms with van der Waals surface area (Å²) >= 11 is 0. The molecule has 4 N–H and O–H groups in total. The van der Waals surface area contributed by atoms with E-state index in [-0.39, 0.29) is 11.6 Å². The van der Waals surface area contributed by atoms with Gasteiger partial charge in [-0.2, -0.15) is 18.4 Å². The molecule has 0 spiro atoms. The number of nitrogens with zero attached hydrogens (tertiary/aromatic N) is 2. The van der Waals surface area contributed by atoms with Crippen molar-refractivity contribution in [3.05, 3.63) is 47.5 Å². The van der Waals surface area contributed by atoms with Crippen molar-refractivity contribution in [2.24, 2.45) is 0 Å². The first-order chi connectivity index (χ1) is 15.1. The zero-order valence-corrected chi connectivity index (χ0v) is 17.1. The predicted octanol–water partition coefficient (Wildman–Crippen LogP) is 1.72. The van der Waals surface area contributed by atoms with Gasteiger partial charge >= 0.3 is 6.18 Å². The van der Waals surface area contributed by atoms with Crippen LogP contribution >= 0.6 is 0 Å². The molecule has 170 valence electrons. The molecule has 1 aliphatic heterocycles. The highest BCUT2D eigenvalue weighted by molar-refractivity contribution is 6.10. The monoisotopic (exact) mass is 449 g/mol. The molecular formula is C22H22F3N3O4. The Labute approximate surface area is 182 Å². The van der Waals surface area contributed by atoms with Gasteiger partial charge in [0.05, 0.1) is 24.0 Å². The second kappa shape index (κ2) is 9.16. The van der Waals surface area contributed by atoms with Crippen molar-refractivity contribution in [3.8, 4) is 6.07 Å². The minimum atomic E-state index is -5.03. The van der Waals surface area contributed by atoms with Gasteiger partial charge in [0.15, 0.2) is 0 Å². The number of halogens is 3. The van der Waals surface area contributed by atoms with Crippen molar-refractivity contribution in [3.63, 3.8) is 0 Å². The summed E-state index contributed by atoms with van der Waals surface area (Å²) in [6, 6.07) is 11.0. The number of nitrogens with one attached hydrogen (secondary N) is 1. The summed E-state index contributed by atoms with van der Waals surface area (Å²) in [5.41, 5.74) is -2.54. The lowest BCUT2D eigenvalue weighted by molar-refractivity contribution is -0.118. The summed E-state index contributed by atoms with van der Waals surface area (Å²) in [6.45, 7) is 0.935. The van der Waals surface area contributed by atoms with Crippen LogP contribution in [0.15, 0.2) is 42.0 Å². The summed E-state index contributed by atoms with van der Waals surface area (Å²) in [4.78, 5) is 14.3. The van der Waals surface area contributed by atoms with Crippen molar-refractivity contribution in [2.45, 2.75) is 31.3 Å². The van der Waals surface area contributed by atoms with Crippen LogP contribution in [0.3, 0.4) is 0 Å². The number of fused-ring (bicyclic) bond motifs is 1. The Morgan fingerprint density at radius 2 is 1.91 bits per heavy atom. The molecule has 10 heteroatoms. The maximum absolute atomic E-state index is 14.2. The number of rotatable bonds is 7. The third-order valence-corrected chi connectivity index (χ3v) is 5.29. The molecule has 7 nitrogen and oxygen atoms in total. The fourth-order valence-electron chi connectivity index (χ4n) is 3.51. The van der Waals surface area contributed by atoms with E-state index in [0.29, 0.717) is 17.6 Å². The molecular weight excluding hydrogens is 427 g/mol. The highest BCUT2D eigenvalue weighted by atomic mass is 19.4. The molecule has 0 aromatic heterocycles. The Morgan fingerprint density at radius 3 is 2.47 bits per heavy atom. The molecule has 1 amide bonds. The zero-order valence-electron chi connectivity index (χ0n) is 17.1. The summed E-state index contributed by atoms with van der Waals surface area (Å²) in [6.07, 6.45) is -8.24. The first kappa shape index (κ1) is 23.5. The molecule has 32 heavy (non-hydrogen) atoms. The predicted molar refractivity (Wildman–Crippen MR) is 111 cm³/mol. The third-order valence-electron chi connectivity index (χ3n) is 5.29. The van der Waals surface area contributed by atoms with Gasteiger partial charge < -0.3 is 25.5 Å². The van der Waals surface area contributed by atoms with Crippen LogP contribution in [0.25, 0.3) is 16.3 Å². The van der Waals surface area contributed by atoms with E-state index in [1.54, 1.807) is 29.2 Å². The molecule has 2 aromatic carbocycles. The molecule has 1 aliphatic rings. The molecule has 0 saturated carbocycles. The van der Waals surface area contributed by atoms with E-state index in [9.17, 15) is 33.4 Å². The molecule has 0 aliphatic carbocycles. The minimum absolute atomic E-state index is 0.00326. The number of benzene rings is 2. The molecule has 3 rings (SSSR count). The van der Waals surface area contributed by atoms with E-state index >= 15 is 0 Å². The molecule has 1 heterocycles. The molecule has 0 bridgehead atoms. The Bertz CT molecular complexity index is 1090. The van der Waals surface area contributed by atoms with Gasteiger partial charge in [0.25, 0.3) is 5.91 Å². The first-order valence-corrected chi connectivity index (χ1v) is 9.85. The minimum Gasteiger partial charge on any atom is -0.394 e. The Balaban J connectivity index is 2.14. The maximum atomic E-state index is 14.2. The maximum Gasteiger partial charge on any atom is 0.418 e. The van der Waals surface area contributed by atoms with Crippen molar-refractivity contribution in [1.82, 2.24) is 5.32 Å². The average Bonchev–Trinajstić information content (AvgIpc) is 3.49. The molecule has 0 radical (unpaired) electrons. The topological polar surface area (TPSA) is 117 Å². The van der Waals surface area contributed by atoms with E-state index in [0.717, 1.165) is 5.39 Å². The second-order valence-corrected chi connectivity index (χ2v) is 7.57. The van der Waals surface area contributed by atoms with Crippen LogP contribution in [0.5, 0.6) is 0 Å². The average molecular weight is 449 g/mol. The van der Waals surface area contributed by atoms with E-state index in [1.807, 2.05) is 12.2 Å². The standard InChI is InChI=1S/C22H22F3N3O4/c1-12-10-28(12)20-14-5-3-2-4-13(14)6-7-15(20)19(22(23,24)25)16(8-26)21(32)27-9-17(30)18(31)11-29/h2-7,12,17-18,29-31H,9-11H2,1H3,(H,27,32)/b19-16-. The van der Waals surface area contributed by atoms with Crippen LogP contribution in [0.1, 0.15) is 12.5 Å². The lowest BCUT2D eigenvalue weighted by Crippen LogP contribution is -2.41. The quantitative estimate of drug-likeness (QED) is 0.291.